The van der Waals surface area contributed by atoms with E-state index in [1.807, 2.05) is 30.3 Å². The van der Waals surface area contributed by atoms with Crippen molar-refractivity contribution >= 4 is 11.5 Å². The molecular weight excluding hydrogens is 230 g/mol. The molecule has 0 aromatic heterocycles. The molecule has 18 heavy (non-hydrogen) atoms. The van der Waals surface area contributed by atoms with Crippen molar-refractivity contribution in [2.45, 2.75) is 19.4 Å². The van der Waals surface area contributed by atoms with Crippen molar-refractivity contribution in [3.8, 4) is 0 Å². The molecule has 1 aromatic carbocycles. The van der Waals surface area contributed by atoms with Crippen molar-refractivity contribution in [1.82, 2.24) is 0 Å². The summed E-state index contributed by atoms with van der Waals surface area (Å²) in [6.07, 6.45) is 0.513. The number of oxime groups is 1. The molecule has 0 radical (unpaired) electrons. The summed E-state index contributed by atoms with van der Waals surface area (Å²) in [6.45, 7) is 3.40. The molecule has 0 bridgehead atoms. The zero-order valence-electron chi connectivity index (χ0n) is 10.9. The van der Waals surface area contributed by atoms with E-state index < -0.39 is 0 Å². The molecule has 0 amide bonds. The lowest BCUT2D eigenvalue weighted by Gasteiger charge is -2.30. The number of hydrogen-bond acceptors (Lipinski definition) is 4. The lowest BCUT2D eigenvalue weighted by molar-refractivity contribution is 0.181. The monoisotopic (exact) mass is 251 g/mol. The lowest BCUT2D eigenvalue weighted by atomic mass is 10.2. The van der Waals surface area contributed by atoms with Gasteiger partial charge in [0, 0.05) is 31.8 Å². The van der Waals surface area contributed by atoms with Crippen molar-refractivity contribution in [3.63, 3.8) is 0 Å². The van der Waals surface area contributed by atoms with Gasteiger partial charge in [-0.3, -0.25) is 0 Å². The van der Waals surface area contributed by atoms with Crippen LogP contribution >= 0.6 is 0 Å². The molecule has 5 nitrogen and oxygen atoms in total. The third-order valence-electron chi connectivity index (χ3n) is 2.77. The third kappa shape index (κ3) is 4.25. The van der Waals surface area contributed by atoms with Gasteiger partial charge in [-0.15, -0.1) is 0 Å². The number of methoxy groups -OCH3 is 1. The SMILES string of the molecule is COCC(C)N(CCC(N)=NO)c1ccccc1. The molecule has 1 rings (SSSR count). The van der Waals surface area contributed by atoms with Gasteiger partial charge in [0.1, 0.15) is 5.84 Å². The highest BCUT2D eigenvalue weighted by atomic mass is 16.5. The summed E-state index contributed by atoms with van der Waals surface area (Å²) in [5.74, 6) is 0.237. The van der Waals surface area contributed by atoms with E-state index in [4.69, 9.17) is 15.7 Å². The summed E-state index contributed by atoms with van der Waals surface area (Å²) >= 11 is 0. The highest BCUT2D eigenvalue weighted by Crippen LogP contribution is 2.17. The third-order valence-corrected chi connectivity index (χ3v) is 2.77. The Hall–Kier alpha value is -1.75. The van der Waals surface area contributed by atoms with Crippen LogP contribution in [-0.2, 0) is 4.74 Å². The first-order chi connectivity index (χ1) is 8.69. The van der Waals surface area contributed by atoms with E-state index in [0.29, 0.717) is 19.6 Å². The molecule has 0 saturated heterocycles. The average Bonchev–Trinajstić information content (AvgIpc) is 2.40. The van der Waals surface area contributed by atoms with Crippen LogP contribution in [0, 0.1) is 0 Å². The van der Waals surface area contributed by atoms with E-state index in [1.165, 1.54) is 0 Å². The average molecular weight is 251 g/mol. The maximum Gasteiger partial charge on any atom is 0.140 e. The first-order valence-electron chi connectivity index (χ1n) is 5.96. The Balaban J connectivity index is 2.75. The number of para-hydroxylation sites is 1. The predicted octanol–water partition coefficient (Wildman–Crippen LogP) is 1.66. The number of nitrogens with two attached hydrogens (primary N) is 1. The Kier molecular flexibility index (Phi) is 6.00. The molecule has 1 aromatic rings. The molecule has 0 aliphatic carbocycles. The normalized spacial score (nSPS) is 13.3. The van der Waals surface area contributed by atoms with Crippen LogP contribution in [0.3, 0.4) is 0 Å². The minimum atomic E-state index is 0.226. The van der Waals surface area contributed by atoms with Gasteiger partial charge in [0.25, 0.3) is 0 Å². The number of anilines is 1. The number of nitrogens with zero attached hydrogens (tertiary/aromatic N) is 2. The minimum Gasteiger partial charge on any atom is -0.409 e. The fourth-order valence-electron chi connectivity index (χ4n) is 1.84. The Morgan fingerprint density at radius 3 is 2.67 bits per heavy atom. The fourth-order valence-corrected chi connectivity index (χ4v) is 1.84. The summed E-state index contributed by atoms with van der Waals surface area (Å²) in [6, 6.07) is 10.3. The van der Waals surface area contributed by atoms with Gasteiger partial charge < -0.3 is 20.6 Å². The summed E-state index contributed by atoms with van der Waals surface area (Å²) in [7, 11) is 1.68. The largest absolute Gasteiger partial charge is 0.409 e. The van der Waals surface area contributed by atoms with Gasteiger partial charge in [-0.2, -0.15) is 0 Å². The van der Waals surface area contributed by atoms with Crippen LogP contribution in [0.25, 0.3) is 0 Å². The number of rotatable bonds is 7. The summed E-state index contributed by atoms with van der Waals surface area (Å²) in [5, 5.41) is 11.6. The molecule has 100 valence electrons. The van der Waals surface area contributed by atoms with Crippen molar-refractivity contribution in [3.05, 3.63) is 30.3 Å². The summed E-state index contributed by atoms with van der Waals surface area (Å²) in [5.41, 5.74) is 6.62. The van der Waals surface area contributed by atoms with Crippen LogP contribution in [0.4, 0.5) is 5.69 Å². The molecule has 0 aliphatic rings. The van der Waals surface area contributed by atoms with Crippen molar-refractivity contribution in [1.29, 1.82) is 0 Å². The highest BCUT2D eigenvalue weighted by Gasteiger charge is 2.14. The van der Waals surface area contributed by atoms with Gasteiger partial charge in [-0.1, -0.05) is 23.4 Å². The highest BCUT2D eigenvalue weighted by molar-refractivity contribution is 5.80. The maximum absolute atomic E-state index is 8.58. The molecule has 0 spiro atoms. The van der Waals surface area contributed by atoms with E-state index in [9.17, 15) is 0 Å². The van der Waals surface area contributed by atoms with E-state index in [0.717, 1.165) is 5.69 Å². The van der Waals surface area contributed by atoms with Crippen LogP contribution in [0.15, 0.2) is 35.5 Å². The van der Waals surface area contributed by atoms with Crippen molar-refractivity contribution < 1.29 is 9.94 Å². The van der Waals surface area contributed by atoms with E-state index in [-0.39, 0.29) is 11.9 Å². The Morgan fingerprint density at radius 1 is 1.44 bits per heavy atom. The van der Waals surface area contributed by atoms with Crippen LogP contribution in [-0.4, -0.2) is 37.3 Å². The molecule has 1 unspecified atom stereocenters. The molecule has 5 heteroatoms. The molecule has 0 fully saturated rings. The number of ether oxygens (including phenoxy) is 1. The molecule has 0 aliphatic heterocycles. The van der Waals surface area contributed by atoms with Crippen LogP contribution in [0.1, 0.15) is 13.3 Å². The second kappa shape index (κ2) is 7.55. The zero-order valence-corrected chi connectivity index (χ0v) is 10.9. The van der Waals surface area contributed by atoms with Gasteiger partial charge >= 0.3 is 0 Å². The Labute approximate surface area is 108 Å². The number of hydrogen-bond donors (Lipinski definition) is 2. The first-order valence-corrected chi connectivity index (χ1v) is 5.96. The van der Waals surface area contributed by atoms with Crippen LogP contribution in [0.5, 0.6) is 0 Å². The molecule has 1 atom stereocenters. The predicted molar refractivity (Wildman–Crippen MR) is 73.2 cm³/mol. The minimum absolute atomic E-state index is 0.226. The van der Waals surface area contributed by atoms with Gasteiger partial charge in [0.15, 0.2) is 0 Å². The number of benzene rings is 1. The lowest BCUT2D eigenvalue weighted by Crippen LogP contribution is -2.38. The van der Waals surface area contributed by atoms with Crippen LogP contribution < -0.4 is 10.6 Å². The first kappa shape index (κ1) is 14.3. The number of amidine groups is 1. The molecule has 0 saturated carbocycles. The summed E-state index contributed by atoms with van der Waals surface area (Å²) in [4.78, 5) is 2.18. The maximum atomic E-state index is 8.58. The van der Waals surface area contributed by atoms with Crippen molar-refractivity contribution in [2.24, 2.45) is 10.9 Å². The smallest absolute Gasteiger partial charge is 0.140 e. The van der Waals surface area contributed by atoms with Gasteiger partial charge in [0.2, 0.25) is 0 Å². The Bertz CT molecular complexity index is 368. The van der Waals surface area contributed by atoms with E-state index in [2.05, 4.69) is 17.0 Å². The van der Waals surface area contributed by atoms with E-state index >= 15 is 0 Å². The quantitative estimate of drug-likeness (QED) is 0.335. The Morgan fingerprint density at radius 2 is 2.11 bits per heavy atom. The second-order valence-electron chi connectivity index (χ2n) is 4.17. The summed E-state index contributed by atoms with van der Waals surface area (Å²) < 4.78 is 5.19. The zero-order chi connectivity index (χ0) is 13.4. The van der Waals surface area contributed by atoms with Crippen molar-refractivity contribution in [2.75, 3.05) is 25.2 Å². The molecular formula is C13H21N3O2. The van der Waals surface area contributed by atoms with Gasteiger partial charge in [0.05, 0.1) is 6.61 Å². The molecule has 3 N–H and O–H groups in total. The van der Waals surface area contributed by atoms with E-state index in [1.54, 1.807) is 7.11 Å². The van der Waals surface area contributed by atoms with Gasteiger partial charge in [-0.05, 0) is 19.1 Å². The second-order valence-corrected chi connectivity index (χ2v) is 4.17. The topological polar surface area (TPSA) is 71.1 Å². The fraction of sp³-hybridized carbons (Fsp3) is 0.462. The van der Waals surface area contributed by atoms with Crippen LogP contribution in [0.2, 0.25) is 0 Å². The molecule has 0 heterocycles. The standard InChI is InChI=1S/C13H21N3O2/c1-11(10-18-2)16(9-8-13(14)15-17)12-6-4-3-5-7-12/h3-7,11,17H,8-10H2,1-2H3,(H2,14,15). The van der Waals surface area contributed by atoms with Gasteiger partial charge in [-0.25, -0.2) is 0 Å².